The Morgan fingerprint density at radius 1 is 1.30 bits per heavy atom. The molecule has 146 valence electrons. The fourth-order valence-corrected chi connectivity index (χ4v) is 1.75. The van der Waals surface area contributed by atoms with Gasteiger partial charge >= 0.3 is 12.2 Å². The quantitative estimate of drug-likeness (QED) is 0.764. The number of amides is 2. The van der Waals surface area contributed by atoms with E-state index in [1.54, 1.807) is 0 Å². The van der Waals surface area contributed by atoms with E-state index >= 15 is 0 Å². The van der Waals surface area contributed by atoms with E-state index in [0.717, 1.165) is 31.6 Å². The van der Waals surface area contributed by atoms with Crippen molar-refractivity contribution in [1.82, 2.24) is 14.9 Å². The van der Waals surface area contributed by atoms with Gasteiger partial charge in [-0.05, 0) is 12.1 Å². The molecule has 0 unspecified atom stereocenters. The molecular weight excluding hydrogens is 379 g/mol. The van der Waals surface area contributed by atoms with E-state index in [9.17, 15) is 26.7 Å². The number of rotatable bonds is 5. The van der Waals surface area contributed by atoms with Crippen LogP contribution in [0.25, 0.3) is 0 Å². The Morgan fingerprint density at radius 3 is 2.56 bits per heavy atom. The monoisotopic (exact) mass is 392 g/mol. The molecular formula is C15H13F5N4O3. The predicted molar refractivity (Wildman–Crippen MR) is 82.2 cm³/mol. The second-order valence-electron chi connectivity index (χ2n) is 5.28. The molecule has 2 amide bonds. The maximum absolute atomic E-state index is 13.5. The number of urea groups is 1. The smallest absolute Gasteiger partial charge is 0.416 e. The van der Waals surface area contributed by atoms with Gasteiger partial charge in [-0.3, -0.25) is 5.32 Å². The molecule has 0 fully saturated rings. The average Bonchev–Trinajstić information content (AvgIpc) is 2.58. The highest BCUT2D eigenvalue weighted by molar-refractivity contribution is 5.87. The molecule has 2 aromatic rings. The number of aliphatic hydroxyl groups excluding tert-OH is 1. The Hall–Kier alpha value is -3.02. The molecule has 0 saturated heterocycles. The van der Waals surface area contributed by atoms with Gasteiger partial charge in [0.1, 0.15) is 5.82 Å². The van der Waals surface area contributed by atoms with Crippen molar-refractivity contribution in [3.8, 4) is 11.6 Å². The first-order chi connectivity index (χ1) is 12.6. The van der Waals surface area contributed by atoms with E-state index in [-0.39, 0.29) is 17.4 Å². The second kappa shape index (κ2) is 8.12. The molecule has 0 aliphatic carbocycles. The van der Waals surface area contributed by atoms with Crippen molar-refractivity contribution >= 4 is 11.8 Å². The molecule has 0 bridgehead atoms. The molecule has 0 spiro atoms. The normalized spacial score (nSPS) is 12.4. The van der Waals surface area contributed by atoms with Gasteiger partial charge in [0.05, 0.1) is 18.9 Å². The minimum atomic E-state index is -4.86. The van der Waals surface area contributed by atoms with Crippen LogP contribution in [-0.4, -0.2) is 51.9 Å². The van der Waals surface area contributed by atoms with Crippen molar-refractivity contribution in [3.05, 3.63) is 42.2 Å². The molecule has 1 atom stereocenters. The van der Waals surface area contributed by atoms with E-state index in [0.29, 0.717) is 11.0 Å². The third-order valence-electron chi connectivity index (χ3n) is 3.14. The van der Waals surface area contributed by atoms with Crippen molar-refractivity contribution in [2.24, 2.45) is 0 Å². The number of aliphatic hydroxyl groups is 1. The third kappa shape index (κ3) is 5.74. The molecule has 1 aromatic carbocycles. The lowest BCUT2D eigenvalue weighted by atomic mass is 10.3. The lowest BCUT2D eigenvalue weighted by molar-refractivity contribution is -0.205. The number of halogens is 5. The number of alkyl halides is 3. The fourth-order valence-electron chi connectivity index (χ4n) is 1.75. The van der Waals surface area contributed by atoms with Crippen LogP contribution in [-0.2, 0) is 0 Å². The van der Waals surface area contributed by atoms with Crippen molar-refractivity contribution in [1.29, 1.82) is 0 Å². The minimum absolute atomic E-state index is 0.125. The molecule has 0 aliphatic rings. The van der Waals surface area contributed by atoms with Crippen LogP contribution < -0.4 is 10.1 Å². The lowest BCUT2D eigenvalue weighted by Crippen LogP contribution is -2.43. The number of nitrogens with zero attached hydrogens (tertiary/aromatic N) is 3. The molecule has 7 nitrogen and oxygen atoms in total. The average molecular weight is 392 g/mol. The number of likely N-dealkylation sites (N-methyl/N-ethyl adjacent to an activating group) is 1. The van der Waals surface area contributed by atoms with Crippen molar-refractivity contribution in [2.45, 2.75) is 12.3 Å². The van der Waals surface area contributed by atoms with E-state index in [1.807, 2.05) is 0 Å². The van der Waals surface area contributed by atoms with Gasteiger partial charge in [0.15, 0.2) is 23.5 Å². The van der Waals surface area contributed by atoms with Gasteiger partial charge in [-0.2, -0.15) is 13.2 Å². The van der Waals surface area contributed by atoms with Crippen LogP contribution in [0.1, 0.15) is 0 Å². The first kappa shape index (κ1) is 20.3. The second-order valence-corrected chi connectivity index (χ2v) is 5.28. The zero-order valence-corrected chi connectivity index (χ0v) is 13.7. The van der Waals surface area contributed by atoms with Crippen LogP contribution >= 0.6 is 0 Å². The van der Waals surface area contributed by atoms with Crippen LogP contribution in [0.2, 0.25) is 0 Å². The van der Waals surface area contributed by atoms with Gasteiger partial charge in [0.25, 0.3) is 0 Å². The third-order valence-corrected chi connectivity index (χ3v) is 3.14. The number of ether oxygens (including phenoxy) is 1. The Balaban J connectivity index is 1.95. The number of aromatic nitrogens is 2. The van der Waals surface area contributed by atoms with E-state index in [1.165, 1.54) is 0 Å². The van der Waals surface area contributed by atoms with Gasteiger partial charge in [0.2, 0.25) is 5.88 Å². The summed E-state index contributed by atoms with van der Waals surface area (Å²) < 4.78 is 68.2. The highest BCUT2D eigenvalue weighted by Gasteiger charge is 2.39. The summed E-state index contributed by atoms with van der Waals surface area (Å²) in [6.07, 6.45) is -5.52. The van der Waals surface area contributed by atoms with Crippen LogP contribution in [0.5, 0.6) is 11.6 Å². The molecule has 2 N–H and O–H groups in total. The number of benzene rings is 1. The number of carbonyl (C=O) groups excluding carboxylic acids is 1. The first-order valence-electron chi connectivity index (χ1n) is 7.28. The molecule has 0 radical (unpaired) electrons. The number of carbonyl (C=O) groups is 1. The van der Waals surface area contributed by atoms with Crippen LogP contribution in [0.3, 0.4) is 0 Å². The van der Waals surface area contributed by atoms with Gasteiger partial charge < -0.3 is 14.7 Å². The topological polar surface area (TPSA) is 87.6 Å². The predicted octanol–water partition coefficient (Wildman–Crippen LogP) is 2.93. The number of anilines is 1. The summed E-state index contributed by atoms with van der Waals surface area (Å²) in [4.78, 5) is 19.9. The Morgan fingerprint density at radius 2 is 2.00 bits per heavy atom. The Kier molecular flexibility index (Phi) is 6.10. The van der Waals surface area contributed by atoms with Gasteiger partial charge in [-0.15, -0.1) is 0 Å². The summed E-state index contributed by atoms with van der Waals surface area (Å²) in [6, 6.07) is 1.67. The number of nitrogens with one attached hydrogen (secondary N) is 1. The van der Waals surface area contributed by atoms with E-state index in [4.69, 9.17) is 9.84 Å². The lowest BCUT2D eigenvalue weighted by Gasteiger charge is -2.22. The molecule has 0 saturated carbocycles. The number of hydrogen-bond acceptors (Lipinski definition) is 5. The van der Waals surface area contributed by atoms with Crippen LogP contribution in [0.15, 0.2) is 30.6 Å². The van der Waals surface area contributed by atoms with E-state index in [2.05, 4.69) is 15.3 Å². The molecule has 12 heteroatoms. The summed E-state index contributed by atoms with van der Waals surface area (Å²) in [5.74, 6) is -2.34. The van der Waals surface area contributed by atoms with Crippen molar-refractivity contribution in [2.75, 3.05) is 18.9 Å². The van der Waals surface area contributed by atoms with Crippen LogP contribution in [0, 0.1) is 11.6 Å². The van der Waals surface area contributed by atoms with Gasteiger partial charge in [-0.1, -0.05) is 0 Å². The maximum Gasteiger partial charge on any atom is 0.416 e. The Labute approximate surface area is 149 Å². The molecule has 27 heavy (non-hydrogen) atoms. The zero-order valence-electron chi connectivity index (χ0n) is 13.7. The summed E-state index contributed by atoms with van der Waals surface area (Å²) in [7, 11) is 1.05. The largest absolute Gasteiger partial charge is 0.434 e. The molecule has 2 rings (SSSR count). The molecule has 1 heterocycles. The standard InChI is InChI=1S/C15H13F5N4O3/c1-24(7-11(25)15(18,19)20)14(26)23-12-5-22-13(6-21-12)27-10-3-2-8(16)4-9(10)17/h2-6,11,25H,7H2,1H3,(H,21,23,26)/t11-/m1/s1. The van der Waals surface area contributed by atoms with Gasteiger partial charge in [-0.25, -0.2) is 23.5 Å². The Bertz CT molecular complexity index is 801. The highest BCUT2D eigenvalue weighted by atomic mass is 19.4. The summed E-state index contributed by atoms with van der Waals surface area (Å²) in [5.41, 5.74) is 0. The number of hydrogen-bond donors (Lipinski definition) is 2. The first-order valence-corrected chi connectivity index (χ1v) is 7.28. The summed E-state index contributed by atoms with van der Waals surface area (Å²) >= 11 is 0. The van der Waals surface area contributed by atoms with Crippen molar-refractivity contribution < 1.29 is 36.6 Å². The maximum atomic E-state index is 13.5. The van der Waals surface area contributed by atoms with Crippen molar-refractivity contribution in [3.63, 3.8) is 0 Å². The highest BCUT2D eigenvalue weighted by Crippen LogP contribution is 2.23. The fraction of sp³-hybridized carbons (Fsp3) is 0.267. The van der Waals surface area contributed by atoms with E-state index < -0.39 is 36.5 Å². The molecule has 0 aliphatic heterocycles. The van der Waals surface area contributed by atoms with Crippen LogP contribution in [0.4, 0.5) is 32.6 Å². The van der Waals surface area contributed by atoms with Gasteiger partial charge in [0, 0.05) is 13.1 Å². The summed E-state index contributed by atoms with van der Waals surface area (Å²) in [6.45, 7) is -0.978. The molecule has 1 aromatic heterocycles. The zero-order chi connectivity index (χ0) is 20.2. The SMILES string of the molecule is CN(C[C@@H](O)C(F)(F)F)C(=O)Nc1cnc(Oc2ccc(F)cc2F)cn1. The minimum Gasteiger partial charge on any atom is -0.434 e. The summed E-state index contributed by atoms with van der Waals surface area (Å²) in [5, 5.41) is 11.1.